The van der Waals surface area contributed by atoms with E-state index in [1.807, 2.05) is 6.07 Å². The fourth-order valence-corrected chi connectivity index (χ4v) is 2.13. The summed E-state index contributed by atoms with van der Waals surface area (Å²) in [6.45, 7) is 2.80. The highest BCUT2D eigenvalue weighted by molar-refractivity contribution is 14.0. The van der Waals surface area contributed by atoms with E-state index >= 15 is 0 Å². The van der Waals surface area contributed by atoms with Crippen molar-refractivity contribution in [3.63, 3.8) is 0 Å². The summed E-state index contributed by atoms with van der Waals surface area (Å²) in [5.41, 5.74) is 0.859. The molecule has 2 heterocycles. The molecule has 2 aromatic rings. The van der Waals surface area contributed by atoms with Gasteiger partial charge < -0.3 is 10.6 Å². The van der Waals surface area contributed by atoms with E-state index in [0.717, 1.165) is 31.0 Å². The molecule has 0 bridgehead atoms. The molecule has 118 valence electrons. The van der Waals surface area contributed by atoms with Crippen LogP contribution in [0.2, 0.25) is 0 Å². The van der Waals surface area contributed by atoms with Gasteiger partial charge in [-0.05, 0) is 24.1 Å². The summed E-state index contributed by atoms with van der Waals surface area (Å²) in [7, 11) is 0. The first-order chi connectivity index (χ1) is 10.3. The molecule has 0 saturated carbocycles. The lowest BCUT2D eigenvalue weighted by atomic mass is 10.2. The van der Waals surface area contributed by atoms with Crippen molar-refractivity contribution in [1.82, 2.24) is 25.4 Å². The molecule has 0 aliphatic carbocycles. The van der Waals surface area contributed by atoms with E-state index in [0.29, 0.717) is 18.9 Å². The Bertz CT molecular complexity index is 642. The predicted octanol–water partition coefficient (Wildman–Crippen LogP) is 1.52. The number of hydrogen-bond donors (Lipinski definition) is 2. The molecular weight excluding hydrogens is 398 g/mol. The number of aliphatic imine (C=N–C) groups is 1. The zero-order chi connectivity index (χ0) is 14.5. The van der Waals surface area contributed by atoms with Gasteiger partial charge >= 0.3 is 0 Å². The van der Waals surface area contributed by atoms with Crippen molar-refractivity contribution in [3.05, 3.63) is 47.8 Å². The Balaban J connectivity index is 0.00000176. The maximum atomic E-state index is 13.1. The summed E-state index contributed by atoms with van der Waals surface area (Å²) in [6, 6.07) is 6.48. The van der Waals surface area contributed by atoms with Gasteiger partial charge in [-0.2, -0.15) is 5.10 Å². The van der Waals surface area contributed by atoms with Gasteiger partial charge in [0.05, 0.1) is 13.1 Å². The van der Waals surface area contributed by atoms with Gasteiger partial charge in [-0.25, -0.2) is 14.1 Å². The summed E-state index contributed by atoms with van der Waals surface area (Å²) < 4.78 is 14.8. The second kappa shape index (κ2) is 8.06. The van der Waals surface area contributed by atoms with Crippen LogP contribution in [0.4, 0.5) is 4.39 Å². The van der Waals surface area contributed by atoms with Crippen molar-refractivity contribution in [2.45, 2.75) is 19.5 Å². The molecule has 0 radical (unpaired) electrons. The van der Waals surface area contributed by atoms with Crippen molar-refractivity contribution < 1.29 is 4.39 Å². The number of guanidine groups is 1. The third-order valence-corrected chi connectivity index (χ3v) is 3.13. The summed E-state index contributed by atoms with van der Waals surface area (Å²) in [4.78, 5) is 8.55. The van der Waals surface area contributed by atoms with Crippen molar-refractivity contribution in [3.8, 4) is 0 Å². The highest BCUT2D eigenvalue weighted by Crippen LogP contribution is 2.05. The van der Waals surface area contributed by atoms with Gasteiger partial charge in [0.2, 0.25) is 0 Å². The molecule has 0 fully saturated rings. The second-order valence-electron chi connectivity index (χ2n) is 4.85. The molecule has 8 heteroatoms. The van der Waals surface area contributed by atoms with E-state index in [2.05, 4.69) is 25.7 Å². The summed E-state index contributed by atoms with van der Waals surface area (Å²) in [5, 5.41) is 10.7. The molecule has 0 saturated heterocycles. The molecule has 0 unspecified atom stereocenters. The maximum absolute atomic E-state index is 13.1. The van der Waals surface area contributed by atoms with Crippen molar-refractivity contribution >= 4 is 29.9 Å². The largest absolute Gasteiger partial charge is 0.356 e. The van der Waals surface area contributed by atoms with E-state index in [4.69, 9.17) is 0 Å². The van der Waals surface area contributed by atoms with E-state index < -0.39 is 0 Å². The zero-order valence-electron chi connectivity index (χ0n) is 12.0. The molecule has 1 aliphatic rings. The van der Waals surface area contributed by atoms with Crippen LogP contribution in [0.1, 0.15) is 17.8 Å². The van der Waals surface area contributed by atoms with Gasteiger partial charge in [0.15, 0.2) is 11.8 Å². The van der Waals surface area contributed by atoms with Crippen LogP contribution in [0.25, 0.3) is 0 Å². The van der Waals surface area contributed by atoms with Gasteiger partial charge in [-0.15, -0.1) is 24.0 Å². The van der Waals surface area contributed by atoms with E-state index in [9.17, 15) is 4.39 Å². The Labute approximate surface area is 145 Å². The zero-order valence-corrected chi connectivity index (χ0v) is 14.3. The lowest BCUT2D eigenvalue weighted by Crippen LogP contribution is -2.40. The highest BCUT2D eigenvalue weighted by atomic mass is 127. The van der Waals surface area contributed by atoms with Crippen LogP contribution in [0.3, 0.4) is 0 Å². The molecule has 6 nitrogen and oxygen atoms in total. The molecule has 1 aromatic carbocycles. The minimum atomic E-state index is -0.240. The monoisotopic (exact) mass is 416 g/mol. The first-order valence-electron chi connectivity index (χ1n) is 6.94. The molecule has 22 heavy (non-hydrogen) atoms. The van der Waals surface area contributed by atoms with Crippen LogP contribution in [-0.2, 0) is 13.1 Å². The quantitative estimate of drug-likeness (QED) is 0.743. The normalized spacial score (nSPS) is 13.8. The van der Waals surface area contributed by atoms with E-state index in [1.165, 1.54) is 12.1 Å². The second-order valence-corrected chi connectivity index (χ2v) is 4.85. The molecule has 0 amide bonds. The molecule has 0 spiro atoms. The predicted molar refractivity (Wildman–Crippen MR) is 92.7 cm³/mol. The lowest BCUT2D eigenvalue weighted by molar-refractivity contribution is 0.617. The summed E-state index contributed by atoms with van der Waals surface area (Å²) >= 11 is 0. The molecule has 1 aliphatic heterocycles. The Kier molecular flexibility index (Phi) is 6.10. The van der Waals surface area contributed by atoms with Gasteiger partial charge in [0, 0.05) is 13.1 Å². The number of nitrogens with zero attached hydrogens (tertiary/aromatic N) is 4. The number of halogens is 2. The van der Waals surface area contributed by atoms with Crippen LogP contribution in [0.5, 0.6) is 0 Å². The number of hydrogen-bond acceptors (Lipinski definition) is 5. The average molecular weight is 416 g/mol. The summed E-state index contributed by atoms with van der Waals surface area (Å²) in [6.07, 6.45) is 2.71. The third-order valence-electron chi connectivity index (χ3n) is 3.13. The van der Waals surface area contributed by atoms with Crippen LogP contribution in [-0.4, -0.2) is 33.8 Å². The van der Waals surface area contributed by atoms with Gasteiger partial charge in [0.25, 0.3) is 0 Å². The maximum Gasteiger partial charge on any atom is 0.191 e. The topological polar surface area (TPSA) is 67.1 Å². The number of rotatable bonds is 4. The van der Waals surface area contributed by atoms with Gasteiger partial charge in [-0.1, -0.05) is 12.1 Å². The third kappa shape index (κ3) is 4.65. The van der Waals surface area contributed by atoms with Crippen LogP contribution < -0.4 is 10.6 Å². The molecule has 2 N–H and O–H groups in total. The van der Waals surface area contributed by atoms with Crippen LogP contribution >= 0.6 is 24.0 Å². The minimum absolute atomic E-state index is 0. The fourth-order valence-electron chi connectivity index (χ4n) is 2.13. The smallest absolute Gasteiger partial charge is 0.191 e. The van der Waals surface area contributed by atoms with Crippen molar-refractivity contribution in [2.24, 2.45) is 4.99 Å². The lowest BCUT2D eigenvalue weighted by Gasteiger charge is -2.14. The highest BCUT2D eigenvalue weighted by Gasteiger charge is 2.06. The standard InChI is InChI=1S/C14H17FN6.HI/c15-12-4-1-3-11(7-12)9-21-10-19-13(20-21)8-18-14-16-5-2-6-17-14;/h1,3-4,7,10H,2,5-6,8-9H2,(H2,16,17,18);1H. The van der Waals surface area contributed by atoms with E-state index in [-0.39, 0.29) is 29.8 Å². The Morgan fingerprint density at radius 1 is 1.36 bits per heavy atom. The summed E-state index contributed by atoms with van der Waals surface area (Å²) in [5.74, 6) is 1.24. The average Bonchev–Trinajstić information content (AvgIpc) is 2.94. The van der Waals surface area contributed by atoms with E-state index in [1.54, 1.807) is 17.1 Å². The number of nitrogens with one attached hydrogen (secondary N) is 2. The molecular formula is C14H18FIN6. The first kappa shape index (κ1) is 16.7. The molecule has 0 atom stereocenters. The molecule has 1 aromatic heterocycles. The van der Waals surface area contributed by atoms with Gasteiger partial charge in [-0.3, -0.25) is 4.99 Å². The molecule has 3 rings (SSSR count). The SMILES string of the molecule is Fc1cccc(Cn2cnc(CNC3=NCCCN3)n2)c1.I. The number of aromatic nitrogens is 3. The number of benzene rings is 1. The minimum Gasteiger partial charge on any atom is -0.356 e. The Morgan fingerprint density at radius 3 is 3.05 bits per heavy atom. The van der Waals surface area contributed by atoms with Crippen molar-refractivity contribution in [1.29, 1.82) is 0 Å². The van der Waals surface area contributed by atoms with Crippen LogP contribution in [0, 0.1) is 5.82 Å². The van der Waals surface area contributed by atoms with Crippen molar-refractivity contribution in [2.75, 3.05) is 13.1 Å². The van der Waals surface area contributed by atoms with Crippen LogP contribution in [0.15, 0.2) is 35.6 Å². The Hall–Kier alpha value is -1.71. The Morgan fingerprint density at radius 2 is 2.27 bits per heavy atom. The fraction of sp³-hybridized carbons (Fsp3) is 0.357. The van der Waals surface area contributed by atoms with Gasteiger partial charge in [0.1, 0.15) is 12.1 Å². The first-order valence-corrected chi connectivity index (χ1v) is 6.94.